The average molecular weight is 323 g/mol. The van der Waals surface area contributed by atoms with Gasteiger partial charge in [0.1, 0.15) is 12.4 Å². The van der Waals surface area contributed by atoms with Gasteiger partial charge in [-0.2, -0.15) is 0 Å². The van der Waals surface area contributed by atoms with Crippen molar-refractivity contribution in [2.75, 3.05) is 37.8 Å². The standard InChI is InChI=1S/C16H21NO4S/c18-7-6-17(15-5-8-22(19,20)12-15)10-13-9-14-3-1-2-4-16(14)21-11-13/h1-4,9,15,18H,5-8,10-12H2. The average Bonchev–Trinajstić information content (AvgIpc) is 2.87. The third-order valence-corrected chi connectivity index (χ3v) is 5.96. The lowest BCUT2D eigenvalue weighted by atomic mass is 10.1. The monoisotopic (exact) mass is 323 g/mol. The lowest BCUT2D eigenvalue weighted by molar-refractivity contribution is 0.167. The molecular weight excluding hydrogens is 302 g/mol. The Morgan fingerprint density at radius 2 is 2.14 bits per heavy atom. The van der Waals surface area contributed by atoms with Gasteiger partial charge in [-0.15, -0.1) is 0 Å². The molecular formula is C16H21NO4S. The molecule has 0 amide bonds. The van der Waals surface area contributed by atoms with Gasteiger partial charge in [-0.05, 0) is 24.1 Å². The number of hydrogen-bond donors (Lipinski definition) is 1. The van der Waals surface area contributed by atoms with Gasteiger partial charge in [-0.25, -0.2) is 8.42 Å². The van der Waals surface area contributed by atoms with E-state index in [1.165, 1.54) is 0 Å². The predicted octanol–water partition coefficient (Wildman–Crippen LogP) is 0.944. The molecule has 0 saturated carbocycles. The van der Waals surface area contributed by atoms with Crippen molar-refractivity contribution in [3.63, 3.8) is 0 Å². The second-order valence-corrected chi connectivity index (χ2v) is 8.11. The number of aliphatic hydroxyl groups excluding tert-OH is 1. The van der Waals surface area contributed by atoms with Gasteiger partial charge in [-0.3, -0.25) is 4.90 Å². The molecule has 2 aliphatic heterocycles. The van der Waals surface area contributed by atoms with Crippen LogP contribution in [0.25, 0.3) is 6.08 Å². The zero-order valence-electron chi connectivity index (χ0n) is 12.4. The van der Waals surface area contributed by atoms with Crippen LogP contribution in [0.3, 0.4) is 0 Å². The van der Waals surface area contributed by atoms with Crippen LogP contribution in [-0.4, -0.2) is 62.3 Å². The summed E-state index contributed by atoms with van der Waals surface area (Å²) in [6.07, 6.45) is 2.75. The van der Waals surface area contributed by atoms with Gasteiger partial charge in [0.2, 0.25) is 0 Å². The van der Waals surface area contributed by atoms with Gasteiger partial charge < -0.3 is 9.84 Å². The molecule has 22 heavy (non-hydrogen) atoms. The van der Waals surface area contributed by atoms with E-state index in [9.17, 15) is 13.5 Å². The Hall–Kier alpha value is -1.37. The molecule has 2 aliphatic rings. The summed E-state index contributed by atoms with van der Waals surface area (Å²) in [5.74, 6) is 1.32. The van der Waals surface area contributed by atoms with Crippen molar-refractivity contribution < 1.29 is 18.3 Å². The fourth-order valence-corrected chi connectivity index (χ4v) is 4.86. The summed E-state index contributed by atoms with van der Waals surface area (Å²) in [5.41, 5.74) is 2.16. The topological polar surface area (TPSA) is 66.8 Å². The third-order valence-electron chi connectivity index (χ3n) is 4.21. The van der Waals surface area contributed by atoms with E-state index in [1.807, 2.05) is 24.3 Å². The summed E-state index contributed by atoms with van der Waals surface area (Å²) in [6.45, 7) is 1.66. The summed E-state index contributed by atoms with van der Waals surface area (Å²) >= 11 is 0. The van der Waals surface area contributed by atoms with Gasteiger partial charge in [-0.1, -0.05) is 18.2 Å². The summed E-state index contributed by atoms with van der Waals surface area (Å²) in [5, 5.41) is 9.27. The summed E-state index contributed by atoms with van der Waals surface area (Å²) in [7, 11) is -2.92. The van der Waals surface area contributed by atoms with E-state index in [0.717, 1.165) is 16.9 Å². The van der Waals surface area contributed by atoms with Crippen molar-refractivity contribution >= 4 is 15.9 Å². The number of nitrogens with zero attached hydrogens (tertiary/aromatic N) is 1. The highest BCUT2D eigenvalue weighted by molar-refractivity contribution is 7.91. The largest absolute Gasteiger partial charge is 0.489 e. The second-order valence-electron chi connectivity index (χ2n) is 5.88. The zero-order valence-corrected chi connectivity index (χ0v) is 13.3. The molecule has 2 heterocycles. The van der Waals surface area contributed by atoms with Crippen LogP contribution in [0, 0.1) is 0 Å². The Kier molecular flexibility index (Phi) is 4.52. The van der Waals surface area contributed by atoms with Crippen molar-refractivity contribution in [2.45, 2.75) is 12.5 Å². The Labute approximate surface area is 131 Å². The summed E-state index contributed by atoms with van der Waals surface area (Å²) in [6, 6.07) is 7.86. The highest BCUT2D eigenvalue weighted by Gasteiger charge is 2.32. The predicted molar refractivity (Wildman–Crippen MR) is 85.6 cm³/mol. The minimum absolute atomic E-state index is 0.00443. The normalized spacial score (nSPS) is 23.0. The van der Waals surface area contributed by atoms with Crippen molar-refractivity contribution in [1.82, 2.24) is 4.90 Å². The molecule has 3 rings (SSSR count). The first kappa shape index (κ1) is 15.5. The number of para-hydroxylation sites is 1. The maximum absolute atomic E-state index is 11.7. The number of rotatable bonds is 5. The van der Waals surface area contributed by atoms with E-state index < -0.39 is 9.84 Å². The van der Waals surface area contributed by atoms with Crippen molar-refractivity contribution in [1.29, 1.82) is 0 Å². The molecule has 0 spiro atoms. The summed E-state index contributed by atoms with van der Waals surface area (Å²) < 4.78 is 29.1. The van der Waals surface area contributed by atoms with Crippen LogP contribution in [-0.2, 0) is 9.84 Å². The van der Waals surface area contributed by atoms with E-state index in [4.69, 9.17) is 4.74 Å². The molecule has 1 saturated heterocycles. The van der Waals surface area contributed by atoms with Crippen LogP contribution in [0.1, 0.15) is 12.0 Å². The molecule has 1 aromatic carbocycles. The Morgan fingerprint density at radius 3 is 2.86 bits per heavy atom. The van der Waals surface area contributed by atoms with E-state index in [0.29, 0.717) is 26.1 Å². The van der Waals surface area contributed by atoms with E-state index in [2.05, 4.69) is 11.0 Å². The van der Waals surface area contributed by atoms with Crippen LogP contribution >= 0.6 is 0 Å². The molecule has 5 nitrogen and oxygen atoms in total. The smallest absolute Gasteiger partial charge is 0.151 e. The fraction of sp³-hybridized carbons (Fsp3) is 0.500. The highest BCUT2D eigenvalue weighted by Crippen LogP contribution is 2.27. The van der Waals surface area contributed by atoms with Gasteiger partial charge in [0.25, 0.3) is 0 Å². The van der Waals surface area contributed by atoms with Crippen LogP contribution in [0.5, 0.6) is 5.75 Å². The van der Waals surface area contributed by atoms with Crippen LogP contribution in [0.2, 0.25) is 0 Å². The number of ether oxygens (including phenoxy) is 1. The molecule has 1 atom stereocenters. The van der Waals surface area contributed by atoms with E-state index >= 15 is 0 Å². The minimum Gasteiger partial charge on any atom is -0.489 e. The molecule has 0 aromatic heterocycles. The van der Waals surface area contributed by atoms with Gasteiger partial charge in [0.05, 0.1) is 18.1 Å². The number of aliphatic hydroxyl groups is 1. The molecule has 0 aliphatic carbocycles. The van der Waals surface area contributed by atoms with Crippen LogP contribution in [0.15, 0.2) is 29.8 Å². The maximum Gasteiger partial charge on any atom is 0.151 e. The van der Waals surface area contributed by atoms with Crippen molar-refractivity contribution in [3.05, 3.63) is 35.4 Å². The lowest BCUT2D eigenvalue weighted by Gasteiger charge is -2.29. The first-order chi connectivity index (χ1) is 10.6. The van der Waals surface area contributed by atoms with Crippen LogP contribution in [0.4, 0.5) is 0 Å². The zero-order chi connectivity index (χ0) is 15.6. The third kappa shape index (κ3) is 3.51. The van der Waals surface area contributed by atoms with Crippen molar-refractivity contribution in [3.8, 4) is 5.75 Å². The molecule has 1 fully saturated rings. The van der Waals surface area contributed by atoms with E-state index in [-0.39, 0.29) is 24.2 Å². The molecule has 1 aromatic rings. The number of benzene rings is 1. The van der Waals surface area contributed by atoms with Gasteiger partial charge in [0, 0.05) is 24.7 Å². The SMILES string of the molecule is O=S1(=O)CCC(N(CCO)CC2=Cc3ccccc3OC2)C1. The molecule has 0 radical (unpaired) electrons. The number of fused-ring (bicyclic) bond motifs is 1. The number of sulfone groups is 1. The highest BCUT2D eigenvalue weighted by atomic mass is 32.2. The molecule has 1 unspecified atom stereocenters. The fourth-order valence-electron chi connectivity index (χ4n) is 3.10. The Morgan fingerprint density at radius 1 is 1.32 bits per heavy atom. The Balaban J connectivity index is 1.73. The minimum atomic E-state index is -2.92. The van der Waals surface area contributed by atoms with Crippen molar-refractivity contribution in [2.24, 2.45) is 0 Å². The first-order valence-corrected chi connectivity index (χ1v) is 9.36. The molecule has 0 bridgehead atoms. The quantitative estimate of drug-likeness (QED) is 0.874. The number of hydrogen-bond acceptors (Lipinski definition) is 5. The van der Waals surface area contributed by atoms with Gasteiger partial charge in [0.15, 0.2) is 9.84 Å². The molecule has 120 valence electrons. The molecule has 6 heteroatoms. The Bertz CT molecular complexity index is 668. The second kappa shape index (κ2) is 6.40. The van der Waals surface area contributed by atoms with E-state index in [1.54, 1.807) is 0 Å². The van der Waals surface area contributed by atoms with Crippen LogP contribution < -0.4 is 4.74 Å². The maximum atomic E-state index is 11.7. The lowest BCUT2D eigenvalue weighted by Crippen LogP contribution is -2.40. The van der Waals surface area contributed by atoms with Gasteiger partial charge >= 0.3 is 0 Å². The summed E-state index contributed by atoms with van der Waals surface area (Å²) in [4.78, 5) is 2.06. The first-order valence-electron chi connectivity index (χ1n) is 7.54. The molecule has 1 N–H and O–H groups in total.